The van der Waals surface area contributed by atoms with E-state index in [1.807, 2.05) is 0 Å². The van der Waals surface area contributed by atoms with Crippen molar-refractivity contribution in [2.45, 2.75) is 12.5 Å². The van der Waals surface area contributed by atoms with Gasteiger partial charge < -0.3 is 14.8 Å². The number of ether oxygens (including phenoxy) is 2. The van der Waals surface area contributed by atoms with E-state index in [2.05, 4.69) is 15.3 Å². The van der Waals surface area contributed by atoms with Crippen LogP contribution in [0.25, 0.3) is 0 Å². The summed E-state index contributed by atoms with van der Waals surface area (Å²) in [6.07, 6.45) is 1.88. The normalized spacial score (nSPS) is 19.0. The summed E-state index contributed by atoms with van der Waals surface area (Å²) in [5, 5.41) is 14.0. The molecule has 8 nitrogen and oxygen atoms in total. The van der Waals surface area contributed by atoms with Crippen molar-refractivity contribution in [2.24, 2.45) is 0 Å². The molecule has 1 fully saturated rings. The second kappa shape index (κ2) is 4.91. The van der Waals surface area contributed by atoms with Crippen LogP contribution in [0.3, 0.4) is 0 Å². The van der Waals surface area contributed by atoms with Gasteiger partial charge in [-0.15, -0.1) is 0 Å². The Morgan fingerprint density at radius 1 is 1.53 bits per heavy atom. The largest absolute Gasteiger partial charge is 0.476 e. The SMILES string of the molecule is COc1ncnc(OC2CCNC2)c1[N+](=O)[O-]. The Hall–Kier alpha value is -1.96. The van der Waals surface area contributed by atoms with Crippen LogP contribution in [0.4, 0.5) is 5.69 Å². The first-order chi connectivity index (χ1) is 8.22. The topological polar surface area (TPSA) is 99.4 Å². The van der Waals surface area contributed by atoms with E-state index in [1.165, 1.54) is 13.4 Å². The average molecular weight is 240 g/mol. The summed E-state index contributed by atoms with van der Waals surface area (Å²) >= 11 is 0. The Morgan fingerprint density at radius 3 is 2.88 bits per heavy atom. The van der Waals surface area contributed by atoms with Crippen molar-refractivity contribution in [3.63, 3.8) is 0 Å². The third-order valence-electron chi connectivity index (χ3n) is 2.42. The maximum Gasteiger partial charge on any atom is 0.392 e. The molecule has 17 heavy (non-hydrogen) atoms. The van der Waals surface area contributed by atoms with Gasteiger partial charge >= 0.3 is 17.4 Å². The first-order valence-electron chi connectivity index (χ1n) is 5.13. The van der Waals surface area contributed by atoms with Gasteiger partial charge in [0.1, 0.15) is 12.4 Å². The number of nitrogens with zero attached hydrogens (tertiary/aromatic N) is 3. The van der Waals surface area contributed by atoms with Crippen molar-refractivity contribution < 1.29 is 14.4 Å². The third kappa shape index (κ3) is 2.41. The molecule has 1 aliphatic rings. The first kappa shape index (κ1) is 11.5. The fraction of sp³-hybridized carbons (Fsp3) is 0.556. The smallest absolute Gasteiger partial charge is 0.392 e. The quantitative estimate of drug-likeness (QED) is 0.590. The van der Waals surface area contributed by atoms with E-state index < -0.39 is 4.92 Å². The van der Waals surface area contributed by atoms with Crippen LogP contribution in [-0.4, -0.2) is 41.2 Å². The molecule has 0 aromatic carbocycles. The molecule has 0 bridgehead atoms. The maximum absolute atomic E-state index is 10.9. The summed E-state index contributed by atoms with van der Waals surface area (Å²) in [7, 11) is 1.32. The zero-order chi connectivity index (χ0) is 12.3. The number of nitro groups is 1. The van der Waals surface area contributed by atoms with Gasteiger partial charge in [-0.25, -0.2) is 0 Å². The van der Waals surface area contributed by atoms with Gasteiger partial charge in [0.2, 0.25) is 0 Å². The summed E-state index contributed by atoms with van der Waals surface area (Å²) < 4.78 is 10.3. The molecular formula is C9H12N4O4. The Morgan fingerprint density at radius 2 is 2.29 bits per heavy atom. The van der Waals surface area contributed by atoms with E-state index in [-0.39, 0.29) is 23.6 Å². The van der Waals surface area contributed by atoms with Crippen molar-refractivity contribution in [2.75, 3.05) is 20.2 Å². The van der Waals surface area contributed by atoms with Gasteiger partial charge in [-0.05, 0) is 13.0 Å². The molecule has 2 rings (SSSR count). The lowest BCUT2D eigenvalue weighted by molar-refractivity contribution is -0.387. The lowest BCUT2D eigenvalue weighted by Gasteiger charge is -2.11. The van der Waals surface area contributed by atoms with E-state index in [0.29, 0.717) is 6.54 Å². The van der Waals surface area contributed by atoms with Gasteiger partial charge in [0, 0.05) is 6.54 Å². The van der Waals surface area contributed by atoms with Gasteiger partial charge in [0.15, 0.2) is 0 Å². The minimum absolute atomic E-state index is 0.0458. The van der Waals surface area contributed by atoms with Crippen molar-refractivity contribution in [1.29, 1.82) is 0 Å². The summed E-state index contributed by atoms with van der Waals surface area (Å²) in [5.41, 5.74) is -0.332. The molecule has 1 aromatic rings. The molecule has 1 atom stereocenters. The molecule has 92 valence electrons. The molecule has 1 N–H and O–H groups in total. The van der Waals surface area contributed by atoms with Crippen molar-refractivity contribution >= 4 is 5.69 Å². The highest BCUT2D eigenvalue weighted by Crippen LogP contribution is 2.33. The molecule has 0 aliphatic carbocycles. The average Bonchev–Trinajstić information content (AvgIpc) is 2.81. The Kier molecular flexibility index (Phi) is 3.33. The summed E-state index contributed by atoms with van der Waals surface area (Å²) in [5.74, 6) is -0.137. The van der Waals surface area contributed by atoms with Crippen LogP contribution in [0.1, 0.15) is 6.42 Å². The monoisotopic (exact) mass is 240 g/mol. The number of hydrogen-bond donors (Lipinski definition) is 1. The zero-order valence-electron chi connectivity index (χ0n) is 9.25. The van der Waals surface area contributed by atoms with E-state index >= 15 is 0 Å². The zero-order valence-corrected chi connectivity index (χ0v) is 9.25. The van der Waals surface area contributed by atoms with Crippen molar-refractivity contribution in [1.82, 2.24) is 15.3 Å². The number of hydrogen-bond acceptors (Lipinski definition) is 7. The highest BCUT2D eigenvalue weighted by atomic mass is 16.6. The fourth-order valence-corrected chi connectivity index (χ4v) is 1.63. The standard InChI is InChI=1S/C9H12N4O4/c1-16-8-7(13(14)15)9(12-5-11-8)17-6-2-3-10-4-6/h5-6,10H,2-4H2,1H3. The summed E-state index contributed by atoms with van der Waals surface area (Å²) in [6, 6.07) is 0. The molecule has 1 aliphatic heterocycles. The van der Waals surface area contributed by atoms with Crippen LogP contribution in [0.2, 0.25) is 0 Å². The molecule has 1 unspecified atom stereocenters. The highest BCUT2D eigenvalue weighted by molar-refractivity contribution is 5.49. The van der Waals surface area contributed by atoms with Crippen LogP contribution in [0, 0.1) is 10.1 Å². The minimum atomic E-state index is -0.601. The maximum atomic E-state index is 10.9. The predicted molar refractivity (Wildman–Crippen MR) is 57.1 cm³/mol. The van der Waals surface area contributed by atoms with Gasteiger partial charge in [-0.2, -0.15) is 9.97 Å². The molecule has 1 aromatic heterocycles. The molecule has 0 saturated carbocycles. The van der Waals surface area contributed by atoms with Crippen molar-refractivity contribution in [3.05, 3.63) is 16.4 Å². The number of rotatable bonds is 4. The fourth-order valence-electron chi connectivity index (χ4n) is 1.63. The summed E-state index contributed by atoms with van der Waals surface area (Å²) in [4.78, 5) is 17.8. The van der Waals surface area contributed by atoms with Crippen LogP contribution >= 0.6 is 0 Å². The summed E-state index contributed by atoms with van der Waals surface area (Å²) in [6.45, 7) is 1.49. The Labute approximate surface area is 97.1 Å². The van der Waals surface area contributed by atoms with Crippen LogP contribution < -0.4 is 14.8 Å². The second-order valence-corrected chi connectivity index (χ2v) is 3.53. The number of nitrogens with one attached hydrogen (secondary N) is 1. The van der Waals surface area contributed by atoms with Gasteiger partial charge in [0.25, 0.3) is 0 Å². The van der Waals surface area contributed by atoms with Gasteiger partial charge in [-0.3, -0.25) is 10.1 Å². The van der Waals surface area contributed by atoms with Crippen molar-refractivity contribution in [3.8, 4) is 11.8 Å². The molecular weight excluding hydrogens is 228 g/mol. The lowest BCUT2D eigenvalue weighted by Crippen LogP contribution is -2.20. The lowest BCUT2D eigenvalue weighted by atomic mass is 10.3. The number of aromatic nitrogens is 2. The van der Waals surface area contributed by atoms with Crippen LogP contribution in [0.5, 0.6) is 11.8 Å². The van der Waals surface area contributed by atoms with Crippen LogP contribution in [-0.2, 0) is 0 Å². The molecule has 8 heteroatoms. The number of methoxy groups -OCH3 is 1. The highest BCUT2D eigenvalue weighted by Gasteiger charge is 2.28. The predicted octanol–water partition coefficient (Wildman–Crippen LogP) is 0.134. The molecule has 1 saturated heterocycles. The van der Waals surface area contributed by atoms with E-state index in [0.717, 1.165) is 13.0 Å². The van der Waals surface area contributed by atoms with Gasteiger partial charge in [-0.1, -0.05) is 0 Å². The van der Waals surface area contributed by atoms with Gasteiger partial charge in [0.05, 0.1) is 12.0 Å². The van der Waals surface area contributed by atoms with E-state index in [9.17, 15) is 10.1 Å². The van der Waals surface area contributed by atoms with E-state index in [4.69, 9.17) is 9.47 Å². The first-order valence-corrected chi connectivity index (χ1v) is 5.13. The molecule has 2 heterocycles. The molecule has 0 spiro atoms. The Bertz CT molecular complexity index is 419. The van der Waals surface area contributed by atoms with Crippen LogP contribution in [0.15, 0.2) is 6.33 Å². The van der Waals surface area contributed by atoms with E-state index in [1.54, 1.807) is 0 Å². The molecule has 0 radical (unpaired) electrons. The second-order valence-electron chi connectivity index (χ2n) is 3.53. The molecule has 0 amide bonds. The minimum Gasteiger partial charge on any atom is -0.476 e. The third-order valence-corrected chi connectivity index (χ3v) is 2.42. The Balaban J connectivity index is 2.28.